The first-order valence-corrected chi connectivity index (χ1v) is 10.7. The highest BCUT2D eigenvalue weighted by atomic mass is 15.0. The van der Waals surface area contributed by atoms with Gasteiger partial charge in [-0.05, 0) is 101 Å². The van der Waals surface area contributed by atoms with Crippen LogP contribution < -0.4 is 21.3 Å². The maximum atomic E-state index is 3.42. The molecule has 4 nitrogen and oxygen atoms in total. The van der Waals surface area contributed by atoms with Gasteiger partial charge in [0.25, 0.3) is 0 Å². The predicted molar refractivity (Wildman–Crippen MR) is 102 cm³/mol. The highest BCUT2D eigenvalue weighted by Crippen LogP contribution is 2.53. The molecule has 4 aliphatic carbocycles. The van der Waals surface area contributed by atoms with Gasteiger partial charge in [0.2, 0.25) is 0 Å². The Bertz CT molecular complexity index is 224. The maximum Gasteiger partial charge on any atom is 0.00767 e. The Kier molecular flexibility index (Phi) is 8.34. The van der Waals surface area contributed by atoms with Crippen molar-refractivity contribution in [3.05, 3.63) is 0 Å². The van der Waals surface area contributed by atoms with Crippen molar-refractivity contribution in [1.29, 1.82) is 0 Å². The summed E-state index contributed by atoms with van der Waals surface area (Å²) >= 11 is 0. The van der Waals surface area contributed by atoms with Gasteiger partial charge in [-0.15, -0.1) is 0 Å². The fourth-order valence-corrected chi connectivity index (χ4v) is 5.51. The van der Waals surface area contributed by atoms with E-state index in [2.05, 4.69) is 21.3 Å². The zero-order valence-electron chi connectivity index (χ0n) is 15.6. The molecule has 1 heterocycles. The Labute approximate surface area is 149 Å². The zero-order valence-corrected chi connectivity index (χ0v) is 15.6. The smallest absolute Gasteiger partial charge is 0.00767 e. The van der Waals surface area contributed by atoms with Crippen molar-refractivity contribution in [3.8, 4) is 0 Å². The van der Waals surface area contributed by atoms with Gasteiger partial charge in [0.05, 0.1) is 0 Å². The van der Waals surface area contributed by atoms with Crippen molar-refractivity contribution in [3.63, 3.8) is 0 Å². The minimum absolute atomic E-state index is 1.09. The van der Waals surface area contributed by atoms with Crippen molar-refractivity contribution in [1.82, 2.24) is 21.3 Å². The van der Waals surface area contributed by atoms with Gasteiger partial charge >= 0.3 is 0 Å². The fourth-order valence-electron chi connectivity index (χ4n) is 5.51. The molecule has 0 spiro atoms. The highest BCUT2D eigenvalue weighted by molar-refractivity contribution is 4.92. The molecule has 1 saturated heterocycles. The third-order valence-corrected chi connectivity index (χ3v) is 6.37. The van der Waals surface area contributed by atoms with Gasteiger partial charge in [0.15, 0.2) is 0 Å². The van der Waals surface area contributed by atoms with Crippen LogP contribution in [0, 0.1) is 23.7 Å². The zero-order chi connectivity index (χ0) is 16.5. The summed E-state index contributed by atoms with van der Waals surface area (Å²) in [5, 5.41) is 13.7. The average molecular weight is 337 g/mol. The van der Waals surface area contributed by atoms with E-state index >= 15 is 0 Å². The van der Waals surface area contributed by atoms with Crippen molar-refractivity contribution in [2.24, 2.45) is 23.7 Å². The summed E-state index contributed by atoms with van der Waals surface area (Å²) < 4.78 is 0. The molecule has 24 heavy (non-hydrogen) atoms. The Morgan fingerprint density at radius 2 is 0.583 bits per heavy atom. The van der Waals surface area contributed by atoms with E-state index in [-0.39, 0.29) is 0 Å². The lowest BCUT2D eigenvalue weighted by atomic mass is 9.56. The number of rotatable bonds is 0. The SMILES string of the molecule is C1C2CC3CC1CC(C2)C3.C1CNCCNCCCNCCNC1. The van der Waals surface area contributed by atoms with E-state index < -0.39 is 0 Å². The Hall–Kier alpha value is -0.160. The molecular formula is C20H40N4. The summed E-state index contributed by atoms with van der Waals surface area (Å²) in [7, 11) is 0. The fraction of sp³-hybridized carbons (Fsp3) is 1.00. The third kappa shape index (κ3) is 6.62. The molecule has 5 rings (SSSR count). The second-order valence-electron chi connectivity index (χ2n) is 8.59. The predicted octanol–water partition coefficient (Wildman–Crippen LogP) is 1.97. The molecule has 4 heteroatoms. The minimum Gasteiger partial charge on any atom is -0.315 e. The molecule has 0 aromatic rings. The van der Waals surface area contributed by atoms with E-state index in [0.29, 0.717) is 0 Å². The second kappa shape index (κ2) is 10.7. The molecule has 4 N–H and O–H groups in total. The van der Waals surface area contributed by atoms with Crippen LogP contribution in [0.4, 0.5) is 0 Å². The van der Waals surface area contributed by atoms with Gasteiger partial charge in [0, 0.05) is 26.2 Å². The molecule has 4 saturated carbocycles. The summed E-state index contributed by atoms with van der Waals surface area (Å²) in [6, 6.07) is 0. The van der Waals surface area contributed by atoms with Crippen LogP contribution in [0.5, 0.6) is 0 Å². The lowest BCUT2D eigenvalue weighted by molar-refractivity contribution is 0.0198. The van der Waals surface area contributed by atoms with Crippen molar-refractivity contribution in [2.45, 2.75) is 51.4 Å². The van der Waals surface area contributed by atoms with Gasteiger partial charge in [-0.3, -0.25) is 0 Å². The lowest BCUT2D eigenvalue weighted by Gasteiger charge is -2.49. The van der Waals surface area contributed by atoms with Crippen molar-refractivity contribution >= 4 is 0 Å². The summed E-state index contributed by atoms with van der Waals surface area (Å²) in [6.07, 6.45) is 12.1. The number of nitrogens with one attached hydrogen (secondary N) is 4. The van der Waals surface area contributed by atoms with Gasteiger partial charge in [-0.25, -0.2) is 0 Å². The van der Waals surface area contributed by atoms with E-state index in [1.807, 2.05) is 0 Å². The first kappa shape index (κ1) is 18.6. The van der Waals surface area contributed by atoms with Crippen LogP contribution in [0.25, 0.3) is 0 Å². The molecule has 0 aromatic carbocycles. The summed E-state index contributed by atoms with van der Waals surface area (Å²) in [4.78, 5) is 0. The molecule has 4 bridgehead atoms. The van der Waals surface area contributed by atoms with E-state index in [0.717, 1.165) is 52.4 Å². The summed E-state index contributed by atoms with van der Waals surface area (Å²) in [6.45, 7) is 8.87. The molecule has 0 atom stereocenters. The van der Waals surface area contributed by atoms with Crippen LogP contribution in [0.2, 0.25) is 0 Å². The van der Waals surface area contributed by atoms with Crippen LogP contribution >= 0.6 is 0 Å². The monoisotopic (exact) mass is 336 g/mol. The first-order chi connectivity index (χ1) is 11.9. The van der Waals surface area contributed by atoms with E-state index in [1.165, 1.54) is 36.5 Å². The minimum atomic E-state index is 1.09. The molecule has 5 fully saturated rings. The molecule has 0 unspecified atom stereocenters. The Morgan fingerprint density at radius 1 is 0.333 bits per heavy atom. The molecule has 0 amide bonds. The van der Waals surface area contributed by atoms with Crippen LogP contribution in [-0.2, 0) is 0 Å². The number of hydrogen-bond donors (Lipinski definition) is 4. The highest BCUT2D eigenvalue weighted by Gasteiger charge is 2.41. The van der Waals surface area contributed by atoms with Gasteiger partial charge in [0.1, 0.15) is 0 Å². The standard InChI is InChI=1S/C10H24N4.C10H16/c1-3-11-7-9-13-5-2-6-14-10-8-12-4-1;1-7-2-9-4-8(1)5-10(3-7)6-9/h11-14H,1-10H2;7-10H,1-6H2. The average Bonchev–Trinajstić information content (AvgIpc) is 2.56. The largest absolute Gasteiger partial charge is 0.315 e. The summed E-state index contributed by atoms with van der Waals surface area (Å²) in [5.41, 5.74) is 0. The normalized spacial score (nSPS) is 38.0. The van der Waals surface area contributed by atoms with Crippen LogP contribution in [0.1, 0.15) is 51.4 Å². The Morgan fingerprint density at radius 3 is 0.833 bits per heavy atom. The van der Waals surface area contributed by atoms with Gasteiger partial charge in [-0.1, -0.05) is 0 Å². The van der Waals surface area contributed by atoms with Crippen molar-refractivity contribution < 1.29 is 0 Å². The first-order valence-electron chi connectivity index (χ1n) is 10.7. The molecule has 1 aliphatic heterocycles. The molecular weight excluding hydrogens is 296 g/mol. The van der Waals surface area contributed by atoms with Crippen LogP contribution in [0.3, 0.4) is 0 Å². The molecule has 0 radical (unpaired) electrons. The molecule has 140 valence electrons. The topological polar surface area (TPSA) is 48.1 Å². The Balaban J connectivity index is 0.000000147. The van der Waals surface area contributed by atoms with Crippen molar-refractivity contribution in [2.75, 3.05) is 52.4 Å². The molecule has 0 aromatic heterocycles. The van der Waals surface area contributed by atoms with E-state index in [9.17, 15) is 0 Å². The van der Waals surface area contributed by atoms with Crippen LogP contribution in [-0.4, -0.2) is 52.4 Å². The molecule has 5 aliphatic rings. The second-order valence-corrected chi connectivity index (χ2v) is 8.59. The third-order valence-electron chi connectivity index (χ3n) is 6.37. The number of hydrogen-bond acceptors (Lipinski definition) is 4. The van der Waals surface area contributed by atoms with Gasteiger partial charge in [-0.2, -0.15) is 0 Å². The van der Waals surface area contributed by atoms with Gasteiger partial charge < -0.3 is 21.3 Å². The van der Waals surface area contributed by atoms with E-state index in [1.54, 1.807) is 38.5 Å². The van der Waals surface area contributed by atoms with E-state index in [4.69, 9.17) is 0 Å². The maximum absolute atomic E-state index is 3.42. The summed E-state index contributed by atoms with van der Waals surface area (Å²) in [5.74, 6) is 4.71. The quantitative estimate of drug-likeness (QED) is 0.546. The van der Waals surface area contributed by atoms with Crippen LogP contribution in [0.15, 0.2) is 0 Å². The lowest BCUT2D eigenvalue weighted by Crippen LogP contribution is -2.38.